The van der Waals surface area contributed by atoms with Gasteiger partial charge in [0.05, 0.1) is 16.8 Å². The number of aromatic nitrogens is 2. The van der Waals surface area contributed by atoms with Gasteiger partial charge in [0.15, 0.2) is 5.82 Å². The minimum Gasteiger partial charge on any atom is -0.456 e. The third-order valence-corrected chi connectivity index (χ3v) is 12.8. The number of hydrogen-bond donors (Lipinski definition) is 0. The molecule has 1 spiro atoms. The number of hydrogen-bond acceptors (Lipinski definition) is 3. The number of benzene rings is 8. The maximum Gasteiger partial charge on any atom is 0.160 e. The lowest BCUT2D eigenvalue weighted by Crippen LogP contribution is -2.37. The third kappa shape index (κ3) is 5.36. The minimum atomic E-state index is -0.405. The molecule has 8 aromatic carbocycles. The molecule has 0 amide bonds. The molecule has 3 aliphatic rings. The monoisotopic (exact) mass is 766 g/mol. The summed E-state index contributed by atoms with van der Waals surface area (Å²) in [4.78, 5) is 10.1. The molecule has 12 rings (SSSR count). The van der Waals surface area contributed by atoms with Crippen molar-refractivity contribution in [1.82, 2.24) is 9.97 Å². The molecule has 3 heteroatoms. The van der Waals surface area contributed by atoms with Gasteiger partial charge in [0.25, 0.3) is 0 Å². The summed E-state index contributed by atoms with van der Waals surface area (Å²) < 4.78 is 7.14. The summed E-state index contributed by atoms with van der Waals surface area (Å²) in [6.45, 7) is 0. The van der Waals surface area contributed by atoms with Crippen LogP contribution in [0.2, 0.25) is 0 Å². The summed E-state index contributed by atoms with van der Waals surface area (Å²) >= 11 is 0. The molecule has 0 saturated carbocycles. The molecular weight excluding hydrogens is 729 g/mol. The summed E-state index contributed by atoms with van der Waals surface area (Å²) in [5.41, 5.74) is 14.2. The molecule has 0 fully saturated rings. The fourth-order valence-electron chi connectivity index (χ4n) is 10.1. The molecular formula is C57H38N2O. The van der Waals surface area contributed by atoms with Crippen molar-refractivity contribution >= 4 is 10.8 Å². The Hall–Kier alpha value is -7.62. The Morgan fingerprint density at radius 3 is 1.82 bits per heavy atom. The van der Waals surface area contributed by atoms with Gasteiger partial charge in [-0.15, -0.1) is 0 Å². The Bertz CT molecular complexity index is 3140. The van der Waals surface area contributed by atoms with Crippen molar-refractivity contribution < 1.29 is 4.74 Å². The van der Waals surface area contributed by atoms with Crippen LogP contribution in [0, 0.1) is 5.92 Å². The van der Waals surface area contributed by atoms with E-state index in [0.717, 1.165) is 67.2 Å². The third-order valence-electron chi connectivity index (χ3n) is 12.8. The van der Waals surface area contributed by atoms with E-state index < -0.39 is 5.41 Å². The average Bonchev–Trinajstić information content (AvgIpc) is 3.62. The Kier molecular flexibility index (Phi) is 7.89. The van der Waals surface area contributed by atoms with Gasteiger partial charge < -0.3 is 4.74 Å². The fraction of sp³-hybridized carbons (Fsp3) is 0.0526. The van der Waals surface area contributed by atoms with Crippen molar-refractivity contribution in [3.63, 3.8) is 0 Å². The first kappa shape index (κ1) is 34.4. The van der Waals surface area contributed by atoms with Crippen LogP contribution in [0.1, 0.15) is 28.2 Å². The SMILES string of the molecule is C1=CC2c3ccccc3C3(c4ccc(-c5cccc(-c6cccc(-c7cc(-c8ccccc8)nc(-c8ccccc8)n7)c6)c5)cc4Oc4c3ccc3ccccc43)C2C=C1. The van der Waals surface area contributed by atoms with Gasteiger partial charge in [-0.25, -0.2) is 9.97 Å². The van der Waals surface area contributed by atoms with E-state index >= 15 is 0 Å². The lowest BCUT2D eigenvalue weighted by atomic mass is 9.61. The lowest BCUT2D eigenvalue weighted by molar-refractivity contribution is 0.377. The zero-order valence-electron chi connectivity index (χ0n) is 32.7. The Morgan fingerprint density at radius 1 is 0.417 bits per heavy atom. The van der Waals surface area contributed by atoms with E-state index in [1.807, 2.05) is 24.3 Å². The van der Waals surface area contributed by atoms with Crippen molar-refractivity contribution in [2.45, 2.75) is 11.3 Å². The van der Waals surface area contributed by atoms with E-state index in [9.17, 15) is 0 Å². The van der Waals surface area contributed by atoms with E-state index in [1.54, 1.807) is 0 Å². The standard InChI is InChI=1S/C57H38N2O/c1-3-16-38(17-4-1)52-36-53(59-56(58-52)39-18-5-2-6-19-39)44-23-14-22-42(34-44)40-20-13-21-41(33-40)43-30-31-50-54(35-43)60-55-45-24-8-7-15-37(45)29-32-51(55)57(50)48-27-11-9-25-46(48)47-26-10-12-28-49(47)57/h1-36,46,48H. The van der Waals surface area contributed by atoms with Gasteiger partial charge in [0, 0.05) is 45.0 Å². The van der Waals surface area contributed by atoms with E-state index in [-0.39, 0.29) is 11.8 Å². The van der Waals surface area contributed by atoms with Crippen LogP contribution in [0.15, 0.2) is 218 Å². The molecule has 2 heterocycles. The van der Waals surface area contributed by atoms with Crippen LogP contribution in [-0.4, -0.2) is 9.97 Å². The van der Waals surface area contributed by atoms with Gasteiger partial charge >= 0.3 is 0 Å². The maximum atomic E-state index is 7.14. The van der Waals surface area contributed by atoms with Crippen LogP contribution in [0.3, 0.4) is 0 Å². The Morgan fingerprint density at radius 2 is 1.02 bits per heavy atom. The van der Waals surface area contributed by atoms with Crippen molar-refractivity contribution in [3.8, 4) is 67.7 Å². The van der Waals surface area contributed by atoms with Gasteiger partial charge in [0.2, 0.25) is 0 Å². The predicted molar refractivity (Wildman–Crippen MR) is 244 cm³/mol. The number of nitrogens with zero attached hydrogens (tertiary/aromatic N) is 2. The summed E-state index contributed by atoms with van der Waals surface area (Å²) in [6, 6.07) is 69.4. The van der Waals surface area contributed by atoms with Crippen molar-refractivity contribution in [3.05, 3.63) is 241 Å². The van der Waals surface area contributed by atoms with Crippen LogP contribution in [0.25, 0.3) is 66.9 Å². The summed E-state index contributed by atoms with van der Waals surface area (Å²) in [6.07, 6.45) is 9.26. The molecule has 2 aliphatic carbocycles. The summed E-state index contributed by atoms with van der Waals surface area (Å²) in [7, 11) is 0. The molecule has 60 heavy (non-hydrogen) atoms. The minimum absolute atomic E-state index is 0.214. The predicted octanol–water partition coefficient (Wildman–Crippen LogP) is 14.2. The molecule has 1 aliphatic heterocycles. The second-order valence-corrected chi connectivity index (χ2v) is 16.0. The van der Waals surface area contributed by atoms with Gasteiger partial charge in [-0.3, -0.25) is 0 Å². The molecule has 0 radical (unpaired) electrons. The molecule has 282 valence electrons. The number of fused-ring (bicyclic) bond motifs is 11. The van der Waals surface area contributed by atoms with Crippen LogP contribution < -0.4 is 4.74 Å². The molecule has 0 bridgehead atoms. The largest absolute Gasteiger partial charge is 0.456 e. The van der Waals surface area contributed by atoms with Gasteiger partial charge in [0.1, 0.15) is 11.5 Å². The van der Waals surface area contributed by atoms with Crippen molar-refractivity contribution in [1.29, 1.82) is 0 Å². The topological polar surface area (TPSA) is 35.0 Å². The van der Waals surface area contributed by atoms with E-state index in [2.05, 4.69) is 194 Å². The average molecular weight is 767 g/mol. The number of allylic oxidation sites excluding steroid dienone is 4. The fourth-order valence-corrected chi connectivity index (χ4v) is 10.1. The number of rotatable bonds is 5. The molecule has 9 aromatic rings. The van der Waals surface area contributed by atoms with Crippen LogP contribution in [-0.2, 0) is 5.41 Å². The highest BCUT2D eigenvalue weighted by molar-refractivity contribution is 5.93. The maximum absolute atomic E-state index is 7.14. The van der Waals surface area contributed by atoms with E-state index in [0.29, 0.717) is 5.82 Å². The molecule has 1 aromatic heterocycles. The Balaban J connectivity index is 0.969. The van der Waals surface area contributed by atoms with Crippen molar-refractivity contribution in [2.24, 2.45) is 5.92 Å². The second-order valence-electron chi connectivity index (χ2n) is 16.0. The number of ether oxygens (including phenoxy) is 1. The highest BCUT2D eigenvalue weighted by atomic mass is 16.5. The van der Waals surface area contributed by atoms with Crippen molar-refractivity contribution in [2.75, 3.05) is 0 Å². The summed E-state index contributed by atoms with van der Waals surface area (Å²) in [5.74, 6) is 3.07. The first-order valence-electron chi connectivity index (χ1n) is 20.7. The van der Waals surface area contributed by atoms with E-state index in [4.69, 9.17) is 14.7 Å². The van der Waals surface area contributed by atoms with Crippen LogP contribution in [0.4, 0.5) is 0 Å². The molecule has 0 N–H and O–H groups in total. The quantitative estimate of drug-likeness (QED) is 0.175. The van der Waals surface area contributed by atoms with Gasteiger partial charge in [-0.05, 0) is 63.0 Å². The highest BCUT2D eigenvalue weighted by Crippen LogP contribution is 2.65. The smallest absolute Gasteiger partial charge is 0.160 e. The summed E-state index contributed by atoms with van der Waals surface area (Å²) in [5, 5.41) is 2.32. The Labute approximate surface area is 349 Å². The molecule has 3 atom stereocenters. The lowest BCUT2D eigenvalue weighted by Gasteiger charge is -2.43. The molecule has 0 saturated heterocycles. The normalized spacial score (nSPS) is 18.1. The zero-order chi connectivity index (χ0) is 39.6. The second kappa shape index (κ2) is 13.8. The van der Waals surface area contributed by atoms with Crippen LogP contribution >= 0.6 is 0 Å². The van der Waals surface area contributed by atoms with Crippen LogP contribution in [0.5, 0.6) is 11.5 Å². The molecule has 3 unspecified atom stereocenters. The zero-order valence-corrected chi connectivity index (χ0v) is 32.7. The first-order valence-corrected chi connectivity index (χ1v) is 20.7. The van der Waals surface area contributed by atoms with E-state index in [1.165, 1.54) is 27.6 Å². The van der Waals surface area contributed by atoms with Gasteiger partial charge in [-0.1, -0.05) is 194 Å². The molecule has 3 nitrogen and oxygen atoms in total. The highest BCUT2D eigenvalue weighted by Gasteiger charge is 2.56. The van der Waals surface area contributed by atoms with Gasteiger partial charge in [-0.2, -0.15) is 0 Å². The first-order chi connectivity index (χ1) is 29.7.